The Labute approximate surface area is 148 Å². The lowest BCUT2D eigenvalue weighted by molar-refractivity contribution is 0.0502. The highest BCUT2D eigenvalue weighted by atomic mass is 79.9. The first-order chi connectivity index (χ1) is 11.5. The molecule has 0 unspecified atom stereocenters. The summed E-state index contributed by atoms with van der Waals surface area (Å²) >= 11 is 3.40. The van der Waals surface area contributed by atoms with Gasteiger partial charge < -0.3 is 9.64 Å². The third-order valence-corrected chi connectivity index (χ3v) is 5.04. The van der Waals surface area contributed by atoms with Gasteiger partial charge in [0.2, 0.25) is 0 Å². The van der Waals surface area contributed by atoms with Crippen LogP contribution in [0.15, 0.2) is 28.7 Å². The van der Waals surface area contributed by atoms with Gasteiger partial charge in [-0.1, -0.05) is 12.1 Å². The second-order valence-electron chi connectivity index (χ2n) is 5.96. The monoisotopic (exact) mass is 395 g/mol. The number of ether oxygens (including phenoxy) is 1. The largest absolute Gasteiger partial charge is 0.376 e. The van der Waals surface area contributed by atoms with Crippen LogP contribution in [0, 0.1) is 12.7 Å². The molecule has 0 radical (unpaired) electrons. The number of rotatable bonds is 5. The van der Waals surface area contributed by atoms with Gasteiger partial charge in [-0.3, -0.25) is 9.89 Å². The molecule has 5 nitrogen and oxygen atoms in total. The van der Waals surface area contributed by atoms with E-state index in [2.05, 4.69) is 26.1 Å². The molecule has 0 aliphatic carbocycles. The van der Waals surface area contributed by atoms with Gasteiger partial charge in [0.05, 0.1) is 10.6 Å². The third-order valence-electron chi connectivity index (χ3n) is 4.07. The molecule has 128 valence electrons. The standard InChI is InChI=1S/C17H19BrFN3O2/c1-11-15(18)16(21-20-11)17(23)22(10-14-6-3-7-24-14)9-12-4-2-5-13(19)8-12/h2,4-5,8,14H,3,6-7,9-10H2,1H3,(H,20,21)/t14-/m0/s1. The Bertz CT molecular complexity index is 728. The van der Waals surface area contributed by atoms with E-state index in [9.17, 15) is 9.18 Å². The molecule has 2 aromatic rings. The van der Waals surface area contributed by atoms with E-state index in [4.69, 9.17) is 4.74 Å². The fraction of sp³-hybridized carbons (Fsp3) is 0.412. The van der Waals surface area contributed by atoms with Crippen LogP contribution < -0.4 is 0 Å². The maximum Gasteiger partial charge on any atom is 0.275 e. The number of aromatic amines is 1. The first kappa shape index (κ1) is 17.1. The van der Waals surface area contributed by atoms with Crippen molar-refractivity contribution in [3.63, 3.8) is 0 Å². The third kappa shape index (κ3) is 3.84. The first-order valence-electron chi connectivity index (χ1n) is 7.90. The molecule has 1 saturated heterocycles. The normalized spacial score (nSPS) is 17.2. The molecular formula is C17H19BrFN3O2. The summed E-state index contributed by atoms with van der Waals surface area (Å²) in [6.07, 6.45) is 1.94. The minimum Gasteiger partial charge on any atom is -0.376 e. The number of nitrogens with zero attached hydrogens (tertiary/aromatic N) is 2. The quantitative estimate of drug-likeness (QED) is 0.843. The van der Waals surface area contributed by atoms with Crippen LogP contribution in [0.5, 0.6) is 0 Å². The number of benzene rings is 1. The van der Waals surface area contributed by atoms with Crippen molar-refractivity contribution in [2.75, 3.05) is 13.2 Å². The number of amides is 1. The lowest BCUT2D eigenvalue weighted by atomic mass is 10.1. The summed E-state index contributed by atoms with van der Waals surface area (Å²) in [5.74, 6) is -0.514. The Morgan fingerprint density at radius 1 is 1.54 bits per heavy atom. The molecule has 1 N–H and O–H groups in total. The molecule has 3 rings (SSSR count). The number of aromatic nitrogens is 2. The zero-order valence-corrected chi connectivity index (χ0v) is 15.0. The van der Waals surface area contributed by atoms with Crippen molar-refractivity contribution >= 4 is 21.8 Å². The second-order valence-corrected chi connectivity index (χ2v) is 6.75. The molecule has 0 bridgehead atoms. The van der Waals surface area contributed by atoms with Crippen molar-refractivity contribution in [2.45, 2.75) is 32.4 Å². The summed E-state index contributed by atoms with van der Waals surface area (Å²) in [6, 6.07) is 6.29. The summed E-state index contributed by atoms with van der Waals surface area (Å²) in [5.41, 5.74) is 1.87. The topological polar surface area (TPSA) is 58.2 Å². The molecule has 1 aromatic carbocycles. The predicted molar refractivity (Wildman–Crippen MR) is 91.1 cm³/mol. The number of hydrogen-bond donors (Lipinski definition) is 1. The van der Waals surface area contributed by atoms with Crippen molar-refractivity contribution < 1.29 is 13.9 Å². The molecular weight excluding hydrogens is 377 g/mol. The van der Waals surface area contributed by atoms with Crippen molar-refractivity contribution in [3.05, 3.63) is 51.5 Å². The molecule has 1 aromatic heterocycles. The highest BCUT2D eigenvalue weighted by molar-refractivity contribution is 9.10. The molecule has 1 amide bonds. The zero-order chi connectivity index (χ0) is 17.1. The van der Waals surface area contributed by atoms with Crippen LogP contribution in [0.3, 0.4) is 0 Å². The Morgan fingerprint density at radius 2 is 2.38 bits per heavy atom. The summed E-state index contributed by atoms with van der Waals surface area (Å²) in [4.78, 5) is 14.6. The fourth-order valence-electron chi connectivity index (χ4n) is 2.82. The highest BCUT2D eigenvalue weighted by Gasteiger charge is 2.27. The Kier molecular flexibility index (Phi) is 5.30. The molecule has 1 aliphatic heterocycles. The van der Waals surface area contributed by atoms with Crippen LogP contribution in [0.4, 0.5) is 4.39 Å². The Hall–Kier alpha value is -1.73. The Morgan fingerprint density at radius 3 is 3.00 bits per heavy atom. The number of nitrogens with one attached hydrogen (secondary N) is 1. The average Bonchev–Trinajstić information content (AvgIpc) is 3.17. The van der Waals surface area contributed by atoms with E-state index < -0.39 is 0 Å². The van der Waals surface area contributed by atoms with Crippen LogP contribution in [-0.4, -0.2) is 40.3 Å². The summed E-state index contributed by atoms with van der Waals surface area (Å²) in [5, 5.41) is 6.90. The molecule has 24 heavy (non-hydrogen) atoms. The first-order valence-corrected chi connectivity index (χ1v) is 8.69. The zero-order valence-electron chi connectivity index (χ0n) is 13.4. The Balaban J connectivity index is 1.83. The van der Waals surface area contributed by atoms with Gasteiger partial charge >= 0.3 is 0 Å². The lowest BCUT2D eigenvalue weighted by Crippen LogP contribution is -2.37. The van der Waals surface area contributed by atoms with E-state index in [0.717, 1.165) is 30.7 Å². The molecule has 0 spiro atoms. The minimum absolute atomic E-state index is 0.0151. The van der Waals surface area contributed by atoms with Gasteiger partial charge in [-0.05, 0) is 53.4 Å². The number of H-pyrrole nitrogens is 1. The summed E-state index contributed by atoms with van der Waals surface area (Å²) in [6.45, 7) is 3.34. The second kappa shape index (κ2) is 7.44. The van der Waals surface area contributed by atoms with E-state index in [0.29, 0.717) is 23.3 Å². The van der Waals surface area contributed by atoms with Crippen LogP contribution in [0.1, 0.15) is 34.6 Å². The molecule has 0 saturated carbocycles. The molecule has 7 heteroatoms. The van der Waals surface area contributed by atoms with Crippen molar-refractivity contribution in [2.24, 2.45) is 0 Å². The van der Waals surface area contributed by atoms with Crippen LogP contribution in [0.25, 0.3) is 0 Å². The number of carbonyl (C=O) groups is 1. The summed E-state index contributed by atoms with van der Waals surface area (Å²) < 4.78 is 19.8. The maximum absolute atomic E-state index is 13.5. The molecule has 1 aliphatic rings. The predicted octanol–water partition coefficient (Wildman–Crippen LogP) is 3.44. The molecule has 1 fully saturated rings. The minimum atomic E-state index is -0.311. The highest BCUT2D eigenvalue weighted by Crippen LogP contribution is 2.22. The van der Waals surface area contributed by atoms with Gasteiger partial charge in [-0.25, -0.2) is 4.39 Å². The van der Waals surface area contributed by atoms with Crippen molar-refractivity contribution in [1.82, 2.24) is 15.1 Å². The van der Waals surface area contributed by atoms with E-state index in [1.54, 1.807) is 11.0 Å². The average molecular weight is 396 g/mol. The van der Waals surface area contributed by atoms with Gasteiger partial charge in [0.25, 0.3) is 5.91 Å². The molecule has 1 atom stereocenters. The summed E-state index contributed by atoms with van der Waals surface area (Å²) in [7, 11) is 0. The van der Waals surface area contributed by atoms with Gasteiger partial charge in [0, 0.05) is 25.4 Å². The van der Waals surface area contributed by atoms with Crippen molar-refractivity contribution in [1.29, 1.82) is 0 Å². The van der Waals surface area contributed by atoms with E-state index in [1.807, 2.05) is 13.0 Å². The number of aryl methyl sites for hydroxylation is 1. The van der Waals surface area contributed by atoms with Crippen molar-refractivity contribution in [3.8, 4) is 0 Å². The smallest absolute Gasteiger partial charge is 0.275 e. The van der Waals surface area contributed by atoms with Gasteiger partial charge in [-0.2, -0.15) is 5.10 Å². The SMILES string of the molecule is Cc1[nH]nc(C(=O)N(Cc2cccc(F)c2)C[C@@H]2CCCO2)c1Br. The number of carbonyl (C=O) groups excluding carboxylic acids is 1. The van der Waals surface area contributed by atoms with Gasteiger partial charge in [0.1, 0.15) is 5.82 Å². The molecule has 2 heterocycles. The number of halogens is 2. The maximum atomic E-state index is 13.5. The van der Waals surface area contributed by atoms with E-state index >= 15 is 0 Å². The van der Waals surface area contributed by atoms with Crippen LogP contribution >= 0.6 is 15.9 Å². The number of hydrogen-bond acceptors (Lipinski definition) is 3. The fourth-order valence-corrected chi connectivity index (χ4v) is 3.16. The van der Waals surface area contributed by atoms with Crippen LogP contribution in [0.2, 0.25) is 0 Å². The van der Waals surface area contributed by atoms with Crippen LogP contribution in [-0.2, 0) is 11.3 Å². The van der Waals surface area contributed by atoms with Gasteiger partial charge in [0.15, 0.2) is 5.69 Å². The van der Waals surface area contributed by atoms with E-state index in [1.165, 1.54) is 12.1 Å². The lowest BCUT2D eigenvalue weighted by Gasteiger charge is -2.25. The van der Waals surface area contributed by atoms with Gasteiger partial charge in [-0.15, -0.1) is 0 Å². The van der Waals surface area contributed by atoms with E-state index in [-0.39, 0.29) is 17.8 Å².